The van der Waals surface area contributed by atoms with E-state index in [0.29, 0.717) is 19.5 Å². The molecule has 3 unspecified atom stereocenters. The summed E-state index contributed by atoms with van der Waals surface area (Å²) in [6, 6.07) is 0.412. The van der Waals surface area contributed by atoms with Crippen LogP contribution in [0.4, 0.5) is 0 Å². The lowest BCUT2D eigenvalue weighted by Crippen LogP contribution is -2.50. The highest BCUT2D eigenvalue weighted by molar-refractivity contribution is 5.89. The number of carbonyl (C=O) groups is 2. The van der Waals surface area contributed by atoms with Crippen LogP contribution in [0, 0.1) is 5.92 Å². The smallest absolute Gasteiger partial charge is 0.228 e. The summed E-state index contributed by atoms with van der Waals surface area (Å²) in [5.41, 5.74) is 5.80. The third kappa shape index (κ3) is 4.13. The maximum atomic E-state index is 12.7. The molecule has 2 rings (SSSR count). The number of rotatable bonds is 5. The molecule has 2 amide bonds. The Hall–Kier alpha value is -0.810. The van der Waals surface area contributed by atoms with Crippen molar-refractivity contribution in [3.63, 3.8) is 0 Å². The monoisotopic (exact) mass is 331 g/mol. The molecule has 0 aromatic heterocycles. The molecule has 5 nitrogen and oxygen atoms in total. The number of carbonyl (C=O) groups excluding carboxylic acids is 2. The van der Waals surface area contributed by atoms with E-state index in [2.05, 4.69) is 13.8 Å². The lowest BCUT2D eigenvalue weighted by Gasteiger charge is -2.36. The number of piperidine rings is 1. The summed E-state index contributed by atoms with van der Waals surface area (Å²) in [7, 11) is 0. The number of hydrogen-bond acceptors (Lipinski definition) is 3. The Morgan fingerprint density at radius 3 is 2.77 bits per heavy atom. The molecule has 0 aromatic carbocycles. The molecule has 2 N–H and O–H groups in total. The van der Waals surface area contributed by atoms with Gasteiger partial charge >= 0.3 is 0 Å². The third-order valence-corrected chi connectivity index (χ3v) is 4.93. The molecule has 2 aliphatic rings. The Labute approximate surface area is 140 Å². The highest BCUT2D eigenvalue weighted by Gasteiger charge is 2.39. The van der Waals surface area contributed by atoms with Crippen LogP contribution in [-0.2, 0) is 9.59 Å². The largest absolute Gasteiger partial charge is 0.339 e. The number of halogens is 1. The van der Waals surface area contributed by atoms with Crippen molar-refractivity contribution in [1.82, 2.24) is 9.80 Å². The van der Waals surface area contributed by atoms with Crippen molar-refractivity contribution in [1.29, 1.82) is 0 Å². The van der Waals surface area contributed by atoms with Crippen molar-refractivity contribution < 1.29 is 9.59 Å². The molecule has 0 saturated carbocycles. The van der Waals surface area contributed by atoms with Crippen molar-refractivity contribution in [2.24, 2.45) is 11.7 Å². The second kappa shape index (κ2) is 8.73. The van der Waals surface area contributed by atoms with Crippen LogP contribution in [-0.4, -0.2) is 53.3 Å². The second-order valence-corrected chi connectivity index (χ2v) is 6.50. The highest BCUT2D eigenvalue weighted by atomic mass is 35.5. The second-order valence-electron chi connectivity index (χ2n) is 6.50. The molecule has 22 heavy (non-hydrogen) atoms. The number of nitrogens with zero attached hydrogens (tertiary/aromatic N) is 2. The summed E-state index contributed by atoms with van der Waals surface area (Å²) in [6.45, 7) is 6.13. The van der Waals surface area contributed by atoms with E-state index in [-0.39, 0.29) is 42.2 Å². The van der Waals surface area contributed by atoms with E-state index in [0.717, 1.165) is 38.6 Å². The normalized spacial score (nSPS) is 26.8. The van der Waals surface area contributed by atoms with Crippen LogP contribution < -0.4 is 5.73 Å². The molecule has 2 saturated heterocycles. The van der Waals surface area contributed by atoms with Gasteiger partial charge in [-0.25, -0.2) is 0 Å². The lowest BCUT2D eigenvalue weighted by atomic mass is 9.98. The van der Waals surface area contributed by atoms with Gasteiger partial charge < -0.3 is 15.5 Å². The van der Waals surface area contributed by atoms with Gasteiger partial charge in [0.1, 0.15) is 0 Å². The number of likely N-dealkylation sites (tertiary alicyclic amines) is 2. The first-order valence-corrected chi connectivity index (χ1v) is 8.38. The zero-order valence-electron chi connectivity index (χ0n) is 13.8. The summed E-state index contributed by atoms with van der Waals surface area (Å²) in [4.78, 5) is 28.7. The minimum atomic E-state index is -0.163. The van der Waals surface area contributed by atoms with Gasteiger partial charge in [-0.15, -0.1) is 12.4 Å². The van der Waals surface area contributed by atoms with E-state index in [9.17, 15) is 9.59 Å². The summed E-state index contributed by atoms with van der Waals surface area (Å²) in [5.74, 6) is 0.115. The molecule has 2 fully saturated rings. The van der Waals surface area contributed by atoms with Crippen LogP contribution >= 0.6 is 12.4 Å². The molecular weight excluding hydrogens is 302 g/mol. The van der Waals surface area contributed by atoms with Crippen molar-refractivity contribution in [2.75, 3.05) is 19.6 Å². The van der Waals surface area contributed by atoms with Crippen molar-refractivity contribution in [3.05, 3.63) is 0 Å². The minimum absolute atomic E-state index is 0. The van der Waals surface area contributed by atoms with E-state index in [4.69, 9.17) is 5.73 Å². The quantitative estimate of drug-likeness (QED) is 0.835. The Morgan fingerprint density at radius 2 is 2.14 bits per heavy atom. The number of nitrogens with two attached hydrogens (primary N) is 1. The zero-order valence-corrected chi connectivity index (χ0v) is 14.6. The number of amides is 2. The Bertz CT molecular complexity index is 392. The molecule has 3 atom stereocenters. The van der Waals surface area contributed by atoms with Crippen LogP contribution in [0.15, 0.2) is 0 Å². The Morgan fingerprint density at radius 1 is 1.41 bits per heavy atom. The third-order valence-electron chi connectivity index (χ3n) is 4.93. The van der Waals surface area contributed by atoms with Crippen LogP contribution in [0.2, 0.25) is 0 Å². The van der Waals surface area contributed by atoms with Gasteiger partial charge in [0.15, 0.2) is 0 Å². The fourth-order valence-corrected chi connectivity index (χ4v) is 3.67. The molecule has 6 heteroatoms. The van der Waals surface area contributed by atoms with Crippen LogP contribution in [0.3, 0.4) is 0 Å². The molecule has 0 radical (unpaired) electrons. The predicted octanol–water partition coefficient (Wildman–Crippen LogP) is 1.79. The summed E-state index contributed by atoms with van der Waals surface area (Å²) >= 11 is 0. The SMILES string of the molecule is CCCC(C)N1CC(C(=O)N2CCCCC2CN)CC1=O.Cl. The van der Waals surface area contributed by atoms with Gasteiger partial charge in [0.05, 0.1) is 5.92 Å². The molecular formula is C16H30ClN3O2. The maximum absolute atomic E-state index is 12.7. The van der Waals surface area contributed by atoms with Gasteiger partial charge in [-0.2, -0.15) is 0 Å². The molecule has 0 spiro atoms. The van der Waals surface area contributed by atoms with E-state index in [1.807, 2.05) is 9.80 Å². The first-order chi connectivity index (χ1) is 10.1. The van der Waals surface area contributed by atoms with Crippen molar-refractivity contribution in [2.45, 2.75) is 64.5 Å². The van der Waals surface area contributed by atoms with E-state index in [1.165, 1.54) is 0 Å². The Balaban J connectivity index is 0.00000242. The first kappa shape index (κ1) is 19.2. The van der Waals surface area contributed by atoms with Crippen LogP contribution in [0.1, 0.15) is 52.4 Å². The van der Waals surface area contributed by atoms with E-state index in [1.54, 1.807) is 0 Å². The Kier molecular flexibility index (Phi) is 7.63. The summed E-state index contributed by atoms with van der Waals surface area (Å²) in [5, 5.41) is 0. The molecule has 0 aromatic rings. The van der Waals surface area contributed by atoms with Gasteiger partial charge in [-0.05, 0) is 32.6 Å². The van der Waals surface area contributed by atoms with Crippen LogP contribution in [0.25, 0.3) is 0 Å². The van der Waals surface area contributed by atoms with Crippen LogP contribution in [0.5, 0.6) is 0 Å². The first-order valence-electron chi connectivity index (χ1n) is 8.38. The highest BCUT2D eigenvalue weighted by Crippen LogP contribution is 2.26. The van der Waals surface area contributed by atoms with Gasteiger partial charge in [-0.3, -0.25) is 9.59 Å². The van der Waals surface area contributed by atoms with E-state index >= 15 is 0 Å². The fourth-order valence-electron chi connectivity index (χ4n) is 3.67. The minimum Gasteiger partial charge on any atom is -0.339 e. The maximum Gasteiger partial charge on any atom is 0.228 e. The van der Waals surface area contributed by atoms with Gasteiger partial charge in [0.25, 0.3) is 0 Å². The average Bonchev–Trinajstić information content (AvgIpc) is 2.88. The zero-order chi connectivity index (χ0) is 15.4. The molecule has 0 bridgehead atoms. The van der Waals surface area contributed by atoms with Gasteiger partial charge in [-0.1, -0.05) is 13.3 Å². The van der Waals surface area contributed by atoms with E-state index < -0.39 is 0 Å². The van der Waals surface area contributed by atoms with Gasteiger partial charge in [0, 0.05) is 38.1 Å². The predicted molar refractivity (Wildman–Crippen MR) is 89.8 cm³/mol. The topological polar surface area (TPSA) is 66.6 Å². The molecule has 0 aliphatic carbocycles. The molecule has 2 aliphatic heterocycles. The standard InChI is InChI=1S/C16H29N3O2.ClH/c1-3-6-12(2)19-11-13(9-15(19)20)16(21)18-8-5-4-7-14(18)10-17;/h12-14H,3-11,17H2,1-2H3;1H. The molecule has 128 valence electrons. The van der Waals surface area contributed by atoms with Crippen molar-refractivity contribution >= 4 is 24.2 Å². The summed E-state index contributed by atoms with van der Waals surface area (Å²) in [6.07, 6.45) is 5.64. The number of hydrogen-bond donors (Lipinski definition) is 1. The fraction of sp³-hybridized carbons (Fsp3) is 0.875. The lowest BCUT2D eigenvalue weighted by molar-refractivity contribution is -0.139. The van der Waals surface area contributed by atoms with Gasteiger partial charge in [0.2, 0.25) is 11.8 Å². The molecule has 2 heterocycles. The summed E-state index contributed by atoms with van der Waals surface area (Å²) < 4.78 is 0. The average molecular weight is 332 g/mol. The van der Waals surface area contributed by atoms with Crippen molar-refractivity contribution in [3.8, 4) is 0 Å².